The van der Waals surface area contributed by atoms with Crippen LogP contribution in [0.3, 0.4) is 0 Å². The fraction of sp³-hybridized carbons (Fsp3) is 0.929. The number of carbonyl (C=O) groups excluding carboxylic acids is 1. The Labute approximate surface area is 98.2 Å². The van der Waals surface area contributed by atoms with Crippen LogP contribution < -0.4 is 5.32 Å². The van der Waals surface area contributed by atoms with Crippen molar-refractivity contribution < 1.29 is 4.79 Å². The molecule has 2 nitrogen and oxygen atoms in total. The maximum atomic E-state index is 11.8. The van der Waals surface area contributed by atoms with Crippen LogP contribution in [0, 0.1) is 11.8 Å². The van der Waals surface area contributed by atoms with Crippen LogP contribution in [0.1, 0.15) is 64.2 Å². The van der Waals surface area contributed by atoms with Crippen LogP contribution in [-0.2, 0) is 4.79 Å². The molecule has 0 bridgehead atoms. The molecule has 0 aromatic carbocycles. The Hall–Kier alpha value is -0.530. The van der Waals surface area contributed by atoms with Gasteiger partial charge in [-0.1, -0.05) is 44.9 Å². The molecule has 2 heteroatoms. The smallest absolute Gasteiger partial charge is 0.220 e. The van der Waals surface area contributed by atoms with Crippen LogP contribution in [0.25, 0.3) is 0 Å². The van der Waals surface area contributed by atoms with Crippen LogP contribution in [0.15, 0.2) is 0 Å². The van der Waals surface area contributed by atoms with E-state index in [-0.39, 0.29) is 5.54 Å². The van der Waals surface area contributed by atoms with Gasteiger partial charge in [0.1, 0.15) is 0 Å². The molecule has 1 heterocycles. The van der Waals surface area contributed by atoms with Crippen molar-refractivity contribution >= 4 is 5.91 Å². The normalized spacial score (nSPS) is 34.5. The third kappa shape index (κ3) is 1.66. The Bertz CT molecular complexity index is 274. The van der Waals surface area contributed by atoms with Gasteiger partial charge in [0.15, 0.2) is 0 Å². The van der Waals surface area contributed by atoms with Crippen molar-refractivity contribution in [1.82, 2.24) is 5.32 Å². The predicted molar refractivity (Wildman–Crippen MR) is 64.0 cm³/mol. The standard InChI is InChI=1S/C14H23NO/c16-13-10-12(11-6-2-3-7-11)14(15-13)8-4-1-5-9-14/h11-12H,1-10H2,(H,15,16). The highest BCUT2D eigenvalue weighted by Gasteiger charge is 2.49. The first-order valence-electron chi connectivity index (χ1n) is 7.11. The molecule has 1 N–H and O–H groups in total. The number of hydrogen-bond donors (Lipinski definition) is 1. The summed E-state index contributed by atoms with van der Waals surface area (Å²) in [5.74, 6) is 1.85. The van der Waals surface area contributed by atoms with E-state index in [0.29, 0.717) is 11.8 Å². The van der Waals surface area contributed by atoms with Crippen LogP contribution in [-0.4, -0.2) is 11.4 Å². The summed E-state index contributed by atoms with van der Waals surface area (Å²) in [7, 11) is 0. The lowest BCUT2D eigenvalue weighted by atomic mass is 9.68. The van der Waals surface area contributed by atoms with Gasteiger partial charge in [0, 0.05) is 12.0 Å². The van der Waals surface area contributed by atoms with Crippen molar-refractivity contribution in [2.75, 3.05) is 0 Å². The Kier molecular flexibility index (Phi) is 2.68. The van der Waals surface area contributed by atoms with Crippen molar-refractivity contribution in [1.29, 1.82) is 0 Å². The molecule has 0 aromatic rings. The van der Waals surface area contributed by atoms with Gasteiger partial charge in [-0.2, -0.15) is 0 Å². The molecule has 1 amide bonds. The molecule has 3 rings (SSSR count). The first-order chi connectivity index (χ1) is 7.80. The zero-order chi connectivity index (χ0) is 11.0. The highest BCUT2D eigenvalue weighted by atomic mass is 16.2. The number of hydrogen-bond acceptors (Lipinski definition) is 1. The third-order valence-corrected chi connectivity index (χ3v) is 5.22. The molecule has 1 aliphatic heterocycles. The van der Waals surface area contributed by atoms with Gasteiger partial charge in [0.05, 0.1) is 0 Å². The fourth-order valence-electron chi connectivity index (χ4n) is 4.47. The maximum Gasteiger partial charge on any atom is 0.220 e. The molecule has 0 aromatic heterocycles. The molecule has 2 aliphatic carbocycles. The van der Waals surface area contributed by atoms with Crippen LogP contribution >= 0.6 is 0 Å². The van der Waals surface area contributed by atoms with Crippen LogP contribution in [0.5, 0.6) is 0 Å². The summed E-state index contributed by atoms with van der Waals surface area (Å²) in [6.45, 7) is 0. The Morgan fingerprint density at radius 3 is 2.38 bits per heavy atom. The molecule has 1 unspecified atom stereocenters. The molecule has 1 spiro atoms. The minimum absolute atomic E-state index is 0.227. The predicted octanol–water partition coefficient (Wildman–Crippen LogP) is 3.02. The van der Waals surface area contributed by atoms with Gasteiger partial charge in [0.25, 0.3) is 0 Å². The Morgan fingerprint density at radius 1 is 1.00 bits per heavy atom. The Balaban J connectivity index is 1.80. The summed E-state index contributed by atoms with van der Waals surface area (Å²) in [4.78, 5) is 11.8. The van der Waals surface area contributed by atoms with E-state index >= 15 is 0 Å². The molecule has 16 heavy (non-hydrogen) atoms. The highest BCUT2D eigenvalue weighted by molar-refractivity contribution is 5.80. The minimum Gasteiger partial charge on any atom is -0.350 e. The zero-order valence-electron chi connectivity index (χ0n) is 10.1. The summed E-state index contributed by atoms with van der Waals surface area (Å²) in [5.41, 5.74) is 0.227. The second-order valence-corrected chi connectivity index (χ2v) is 6.12. The molecule has 90 valence electrons. The monoisotopic (exact) mass is 221 g/mol. The second kappa shape index (κ2) is 4.05. The van der Waals surface area contributed by atoms with Crippen molar-refractivity contribution in [2.24, 2.45) is 11.8 Å². The largest absolute Gasteiger partial charge is 0.350 e. The van der Waals surface area contributed by atoms with Crippen molar-refractivity contribution in [2.45, 2.75) is 69.7 Å². The van der Waals surface area contributed by atoms with E-state index < -0.39 is 0 Å². The summed E-state index contributed by atoms with van der Waals surface area (Å²) in [6, 6.07) is 0. The lowest BCUT2D eigenvalue weighted by molar-refractivity contribution is -0.120. The summed E-state index contributed by atoms with van der Waals surface area (Å²) in [5, 5.41) is 3.36. The van der Waals surface area contributed by atoms with E-state index in [1.165, 1.54) is 57.8 Å². The van der Waals surface area contributed by atoms with Crippen molar-refractivity contribution in [3.8, 4) is 0 Å². The molecule has 3 aliphatic rings. The number of nitrogens with one attached hydrogen (secondary N) is 1. The first kappa shape index (κ1) is 10.6. The van der Waals surface area contributed by atoms with Gasteiger partial charge in [-0.15, -0.1) is 0 Å². The van der Waals surface area contributed by atoms with Gasteiger partial charge in [-0.05, 0) is 24.7 Å². The zero-order valence-corrected chi connectivity index (χ0v) is 10.1. The third-order valence-electron chi connectivity index (χ3n) is 5.22. The van der Waals surface area contributed by atoms with Gasteiger partial charge >= 0.3 is 0 Å². The summed E-state index contributed by atoms with van der Waals surface area (Å²) in [6.07, 6.45) is 12.9. The number of amides is 1. The SMILES string of the molecule is O=C1CC(C2CCCC2)C2(CCCCC2)N1. The molecule has 2 saturated carbocycles. The molecule has 3 fully saturated rings. The van der Waals surface area contributed by atoms with E-state index in [2.05, 4.69) is 5.32 Å². The maximum absolute atomic E-state index is 11.8. The van der Waals surface area contributed by atoms with Gasteiger partial charge < -0.3 is 5.32 Å². The number of rotatable bonds is 1. The average molecular weight is 221 g/mol. The fourth-order valence-corrected chi connectivity index (χ4v) is 4.47. The van der Waals surface area contributed by atoms with Crippen LogP contribution in [0.4, 0.5) is 0 Å². The van der Waals surface area contributed by atoms with Gasteiger partial charge in [-0.25, -0.2) is 0 Å². The second-order valence-electron chi connectivity index (χ2n) is 6.12. The van der Waals surface area contributed by atoms with E-state index in [0.717, 1.165) is 12.3 Å². The molecule has 1 atom stereocenters. The minimum atomic E-state index is 0.227. The molecule has 0 radical (unpaired) electrons. The summed E-state index contributed by atoms with van der Waals surface area (Å²) >= 11 is 0. The first-order valence-corrected chi connectivity index (χ1v) is 7.11. The molecular weight excluding hydrogens is 198 g/mol. The van der Waals surface area contributed by atoms with Crippen molar-refractivity contribution in [3.63, 3.8) is 0 Å². The quantitative estimate of drug-likeness (QED) is 0.724. The number of carbonyl (C=O) groups is 1. The Morgan fingerprint density at radius 2 is 1.69 bits per heavy atom. The lowest BCUT2D eigenvalue weighted by Gasteiger charge is -2.41. The average Bonchev–Trinajstić information content (AvgIpc) is 2.88. The summed E-state index contributed by atoms with van der Waals surface area (Å²) < 4.78 is 0. The highest BCUT2D eigenvalue weighted by Crippen LogP contribution is 2.47. The van der Waals surface area contributed by atoms with E-state index in [1.807, 2.05) is 0 Å². The van der Waals surface area contributed by atoms with Crippen molar-refractivity contribution in [3.05, 3.63) is 0 Å². The topological polar surface area (TPSA) is 29.1 Å². The van der Waals surface area contributed by atoms with E-state index in [1.54, 1.807) is 0 Å². The molecular formula is C14H23NO. The van der Waals surface area contributed by atoms with Gasteiger partial charge in [0.2, 0.25) is 5.91 Å². The van der Waals surface area contributed by atoms with Crippen LogP contribution in [0.2, 0.25) is 0 Å². The van der Waals surface area contributed by atoms with E-state index in [9.17, 15) is 4.79 Å². The molecule has 1 saturated heterocycles. The van der Waals surface area contributed by atoms with Gasteiger partial charge in [-0.3, -0.25) is 4.79 Å². The lowest BCUT2D eigenvalue weighted by Crippen LogP contribution is -2.49. The van der Waals surface area contributed by atoms with E-state index in [4.69, 9.17) is 0 Å².